The second-order valence-corrected chi connectivity index (χ2v) is 18.2. The van der Waals surface area contributed by atoms with Crippen LogP contribution in [0.4, 0.5) is 0 Å². The fraction of sp³-hybridized carbons (Fsp3) is 1.00. The molecule has 28 heavy (non-hydrogen) atoms. The summed E-state index contributed by atoms with van der Waals surface area (Å²) in [7, 11) is -0.355. The Bertz CT molecular complexity index is 432. The van der Waals surface area contributed by atoms with Gasteiger partial charge in [0.15, 0.2) is 0 Å². The molecule has 170 valence electrons. The Kier molecular flexibility index (Phi) is 14.5. The van der Waals surface area contributed by atoms with Crippen LogP contribution in [0.15, 0.2) is 0 Å². The fourth-order valence-corrected chi connectivity index (χ4v) is 5.90. The molecule has 1 atom stereocenters. The van der Waals surface area contributed by atoms with Crippen LogP contribution in [0.2, 0.25) is 25.7 Å². The van der Waals surface area contributed by atoms with Crippen LogP contribution in [0, 0.1) is 5.92 Å². The SMILES string of the molecule is CCCC(CCCCCCC[N+](C)(C)CCCP(=O)(O)O)CCC[Si](C)(C)C. The van der Waals surface area contributed by atoms with E-state index in [0.29, 0.717) is 6.42 Å². The highest BCUT2D eigenvalue weighted by Crippen LogP contribution is 2.35. The summed E-state index contributed by atoms with van der Waals surface area (Å²) in [6.07, 6.45) is 14.2. The van der Waals surface area contributed by atoms with Gasteiger partial charge in [0.1, 0.15) is 0 Å². The van der Waals surface area contributed by atoms with E-state index in [9.17, 15) is 4.57 Å². The minimum atomic E-state index is -3.83. The topological polar surface area (TPSA) is 57.5 Å². The predicted molar refractivity (Wildman–Crippen MR) is 127 cm³/mol. The van der Waals surface area contributed by atoms with Gasteiger partial charge in [-0.05, 0) is 18.8 Å². The van der Waals surface area contributed by atoms with E-state index in [0.717, 1.165) is 23.5 Å². The Morgan fingerprint density at radius 3 is 1.93 bits per heavy atom. The molecule has 0 saturated carbocycles. The molecule has 0 rings (SSSR count). The summed E-state index contributed by atoms with van der Waals surface area (Å²) in [4.78, 5) is 17.9. The monoisotopic (exact) mass is 436 g/mol. The maximum absolute atomic E-state index is 11.0. The highest BCUT2D eigenvalue weighted by Gasteiger charge is 2.19. The summed E-state index contributed by atoms with van der Waals surface area (Å²) in [6.45, 7) is 11.7. The smallest absolute Gasteiger partial charge is 0.325 e. The lowest BCUT2D eigenvalue weighted by molar-refractivity contribution is -0.890. The summed E-state index contributed by atoms with van der Waals surface area (Å²) in [6, 6.07) is 1.48. The van der Waals surface area contributed by atoms with E-state index >= 15 is 0 Å². The van der Waals surface area contributed by atoms with Crippen LogP contribution in [-0.4, -0.2) is 55.7 Å². The zero-order valence-corrected chi connectivity index (χ0v) is 21.8. The normalized spacial score (nSPS) is 14.4. The number of hydrogen-bond donors (Lipinski definition) is 2. The zero-order chi connectivity index (χ0) is 21.7. The zero-order valence-electron chi connectivity index (χ0n) is 19.9. The van der Waals surface area contributed by atoms with Gasteiger partial charge in [0, 0.05) is 14.5 Å². The first kappa shape index (κ1) is 28.3. The number of nitrogens with zero attached hydrogens (tertiary/aromatic N) is 1. The van der Waals surface area contributed by atoms with Crippen LogP contribution >= 0.6 is 7.60 Å². The summed E-state index contributed by atoms with van der Waals surface area (Å²) in [5.41, 5.74) is 0. The lowest BCUT2D eigenvalue weighted by Crippen LogP contribution is -2.41. The Labute approximate surface area is 177 Å². The van der Waals surface area contributed by atoms with E-state index in [-0.39, 0.29) is 6.16 Å². The standard InChI is InChI=1S/C22H50NO3PSi/c1-7-15-22(17-13-21-28(4,5)6)16-11-9-8-10-12-18-23(2,3)19-14-20-27(24,25)26/h22H,7-21H2,1-6H3,(H-,24,25,26)/p+1. The van der Waals surface area contributed by atoms with Crippen LogP contribution in [0.3, 0.4) is 0 Å². The molecular weight excluding hydrogens is 385 g/mol. The minimum Gasteiger partial charge on any atom is -0.328 e. The average Bonchev–Trinajstić information content (AvgIpc) is 2.51. The number of quaternary nitrogens is 1. The van der Waals surface area contributed by atoms with E-state index in [1.54, 1.807) is 0 Å². The second-order valence-electron chi connectivity index (χ2n) is 10.8. The minimum absolute atomic E-state index is 0.0194. The summed E-state index contributed by atoms with van der Waals surface area (Å²) < 4.78 is 11.8. The first-order valence-electron chi connectivity index (χ1n) is 11.7. The van der Waals surface area contributed by atoms with Crippen molar-refractivity contribution in [2.24, 2.45) is 5.92 Å². The van der Waals surface area contributed by atoms with Crippen molar-refractivity contribution in [3.63, 3.8) is 0 Å². The van der Waals surface area contributed by atoms with Crippen molar-refractivity contribution >= 4 is 15.7 Å². The molecule has 0 amide bonds. The van der Waals surface area contributed by atoms with Crippen molar-refractivity contribution in [2.45, 2.75) is 103 Å². The maximum atomic E-state index is 11.0. The second kappa shape index (κ2) is 14.4. The number of unbranched alkanes of at least 4 members (excludes halogenated alkanes) is 4. The van der Waals surface area contributed by atoms with Crippen molar-refractivity contribution < 1.29 is 18.8 Å². The molecule has 0 aliphatic rings. The molecule has 0 bridgehead atoms. The molecule has 1 unspecified atom stereocenters. The van der Waals surface area contributed by atoms with Gasteiger partial charge in [0.05, 0.1) is 33.3 Å². The third kappa shape index (κ3) is 19.6. The molecule has 0 radical (unpaired) electrons. The Morgan fingerprint density at radius 1 is 0.821 bits per heavy atom. The van der Waals surface area contributed by atoms with Crippen LogP contribution in [0.1, 0.15) is 77.6 Å². The van der Waals surface area contributed by atoms with Crippen LogP contribution in [0.5, 0.6) is 0 Å². The molecule has 0 aromatic heterocycles. The third-order valence-electron chi connectivity index (χ3n) is 5.82. The maximum Gasteiger partial charge on any atom is 0.325 e. The number of hydrogen-bond acceptors (Lipinski definition) is 1. The Hall–Kier alpha value is 0.327. The van der Waals surface area contributed by atoms with Gasteiger partial charge >= 0.3 is 7.60 Å². The van der Waals surface area contributed by atoms with Crippen molar-refractivity contribution in [1.29, 1.82) is 0 Å². The molecule has 0 heterocycles. The van der Waals surface area contributed by atoms with Gasteiger partial charge in [0.2, 0.25) is 0 Å². The van der Waals surface area contributed by atoms with Crippen LogP contribution in [0.25, 0.3) is 0 Å². The van der Waals surface area contributed by atoms with E-state index in [1.807, 2.05) is 0 Å². The van der Waals surface area contributed by atoms with Crippen molar-refractivity contribution in [3.8, 4) is 0 Å². The van der Waals surface area contributed by atoms with Gasteiger partial charge < -0.3 is 14.3 Å². The van der Waals surface area contributed by atoms with Crippen molar-refractivity contribution in [3.05, 3.63) is 0 Å². The van der Waals surface area contributed by atoms with Gasteiger partial charge in [-0.3, -0.25) is 4.57 Å². The lowest BCUT2D eigenvalue weighted by atomic mass is 9.92. The van der Waals surface area contributed by atoms with Crippen molar-refractivity contribution in [2.75, 3.05) is 33.3 Å². The van der Waals surface area contributed by atoms with E-state index in [1.165, 1.54) is 70.3 Å². The molecule has 0 aliphatic heterocycles. The van der Waals surface area contributed by atoms with Gasteiger partial charge in [-0.1, -0.05) is 84.0 Å². The van der Waals surface area contributed by atoms with Crippen LogP contribution < -0.4 is 0 Å². The summed E-state index contributed by atoms with van der Waals surface area (Å²) in [5, 5.41) is 0. The molecule has 0 aromatic carbocycles. The molecule has 6 heteroatoms. The largest absolute Gasteiger partial charge is 0.328 e. The van der Waals surface area contributed by atoms with E-state index in [2.05, 4.69) is 40.7 Å². The Balaban J connectivity index is 3.80. The van der Waals surface area contributed by atoms with Crippen molar-refractivity contribution in [1.82, 2.24) is 0 Å². The Morgan fingerprint density at radius 2 is 1.36 bits per heavy atom. The van der Waals surface area contributed by atoms with Crippen LogP contribution in [-0.2, 0) is 4.57 Å². The quantitative estimate of drug-likeness (QED) is 0.111. The van der Waals surface area contributed by atoms with E-state index in [4.69, 9.17) is 9.79 Å². The molecule has 0 spiro atoms. The average molecular weight is 437 g/mol. The third-order valence-corrected chi connectivity index (χ3v) is 8.58. The van der Waals surface area contributed by atoms with E-state index < -0.39 is 15.7 Å². The molecule has 0 aromatic rings. The molecule has 0 fully saturated rings. The molecular formula is C22H51NO3PSi+. The molecule has 4 nitrogen and oxygen atoms in total. The van der Waals surface area contributed by atoms with Gasteiger partial charge in [-0.25, -0.2) is 0 Å². The highest BCUT2D eigenvalue weighted by atomic mass is 31.2. The predicted octanol–water partition coefficient (Wildman–Crippen LogP) is 6.51. The van der Waals surface area contributed by atoms with Gasteiger partial charge in [-0.2, -0.15) is 0 Å². The lowest BCUT2D eigenvalue weighted by Gasteiger charge is -2.30. The molecule has 2 N–H and O–H groups in total. The summed E-state index contributed by atoms with van der Waals surface area (Å²) >= 11 is 0. The molecule has 0 aliphatic carbocycles. The number of rotatable bonds is 18. The highest BCUT2D eigenvalue weighted by molar-refractivity contribution is 7.51. The fourth-order valence-electron chi connectivity index (χ4n) is 4.08. The van der Waals surface area contributed by atoms with Gasteiger partial charge in [0.25, 0.3) is 0 Å². The first-order chi connectivity index (χ1) is 12.8. The summed E-state index contributed by atoms with van der Waals surface area (Å²) in [5.74, 6) is 0.950. The molecule has 0 saturated heterocycles. The first-order valence-corrected chi connectivity index (χ1v) is 17.2. The van der Waals surface area contributed by atoms with Gasteiger partial charge in [-0.15, -0.1) is 0 Å².